The summed E-state index contributed by atoms with van der Waals surface area (Å²) >= 11 is 1.79. The molecule has 0 spiro atoms. The molecule has 148 valence electrons. The Morgan fingerprint density at radius 2 is 1.86 bits per heavy atom. The predicted molar refractivity (Wildman–Crippen MR) is 114 cm³/mol. The molecule has 2 fully saturated rings. The minimum Gasteiger partial charge on any atom is -0.319 e. The van der Waals surface area contributed by atoms with Gasteiger partial charge in [0.1, 0.15) is 11.3 Å². The summed E-state index contributed by atoms with van der Waals surface area (Å²) in [4.78, 5) is 24.0. The molecule has 6 nitrogen and oxygen atoms in total. The van der Waals surface area contributed by atoms with E-state index < -0.39 is 0 Å². The van der Waals surface area contributed by atoms with Gasteiger partial charge in [-0.05, 0) is 50.0 Å². The van der Waals surface area contributed by atoms with Crippen LogP contribution in [0.2, 0.25) is 0 Å². The summed E-state index contributed by atoms with van der Waals surface area (Å²) in [6.07, 6.45) is 7.91. The van der Waals surface area contributed by atoms with E-state index in [1.165, 1.54) is 37.0 Å². The van der Waals surface area contributed by atoms with Crippen molar-refractivity contribution >= 4 is 28.5 Å². The lowest BCUT2D eigenvalue weighted by molar-refractivity contribution is 0.233. The van der Waals surface area contributed by atoms with E-state index in [4.69, 9.17) is 0 Å². The molecule has 0 bridgehead atoms. The molecular weight excluding hydrogens is 370 g/mol. The number of nitrogens with zero attached hydrogens (tertiary/aromatic N) is 4. The van der Waals surface area contributed by atoms with Crippen LogP contribution < -0.4 is 5.56 Å². The zero-order valence-corrected chi connectivity index (χ0v) is 17.2. The van der Waals surface area contributed by atoms with Crippen molar-refractivity contribution in [1.82, 2.24) is 23.6 Å². The maximum absolute atomic E-state index is 12.7. The number of nitrogens with one attached hydrogen (secondary N) is 1. The van der Waals surface area contributed by atoms with Crippen LogP contribution in [0.4, 0.5) is 0 Å². The minimum atomic E-state index is -0.0520. The molecule has 28 heavy (non-hydrogen) atoms. The highest BCUT2D eigenvalue weighted by atomic mass is 32.2. The van der Waals surface area contributed by atoms with Gasteiger partial charge in [0.05, 0.1) is 17.2 Å². The van der Waals surface area contributed by atoms with E-state index in [1.54, 1.807) is 18.1 Å². The number of aromatic nitrogens is 3. The highest BCUT2D eigenvalue weighted by Gasteiger charge is 2.22. The number of aromatic amines is 1. The Kier molecular flexibility index (Phi) is 4.90. The third-order valence-corrected chi connectivity index (χ3v) is 7.23. The minimum absolute atomic E-state index is 0.0520. The van der Waals surface area contributed by atoms with Crippen molar-refractivity contribution in [3.8, 4) is 0 Å². The predicted octanol–water partition coefficient (Wildman–Crippen LogP) is 3.48. The van der Waals surface area contributed by atoms with Crippen molar-refractivity contribution in [3.05, 3.63) is 40.6 Å². The first-order chi connectivity index (χ1) is 13.7. The van der Waals surface area contributed by atoms with Gasteiger partial charge in [0.15, 0.2) is 0 Å². The first kappa shape index (κ1) is 18.2. The molecule has 1 aromatic carbocycles. The second-order valence-electron chi connectivity index (χ2n) is 8.13. The van der Waals surface area contributed by atoms with Crippen molar-refractivity contribution < 1.29 is 0 Å². The van der Waals surface area contributed by atoms with E-state index in [0.717, 1.165) is 43.0 Å². The van der Waals surface area contributed by atoms with Gasteiger partial charge in [-0.25, -0.2) is 9.29 Å². The molecule has 0 unspecified atom stereocenters. The molecule has 1 saturated heterocycles. The Morgan fingerprint density at radius 1 is 1.07 bits per heavy atom. The molecule has 3 heterocycles. The van der Waals surface area contributed by atoms with E-state index in [0.29, 0.717) is 11.4 Å². The average molecular weight is 398 g/mol. The van der Waals surface area contributed by atoms with E-state index in [9.17, 15) is 4.79 Å². The van der Waals surface area contributed by atoms with Crippen molar-refractivity contribution in [2.75, 3.05) is 33.2 Å². The number of fused-ring (bicyclic) bond motifs is 3. The smallest absolute Gasteiger partial charge is 0.274 e. The summed E-state index contributed by atoms with van der Waals surface area (Å²) in [6.45, 7) is 4.31. The Bertz CT molecular complexity index is 1040. The van der Waals surface area contributed by atoms with Crippen LogP contribution >= 0.6 is 11.9 Å². The number of hydrogen-bond donors (Lipinski definition) is 1. The Morgan fingerprint density at radius 3 is 2.64 bits per heavy atom. The van der Waals surface area contributed by atoms with E-state index in [2.05, 4.69) is 48.8 Å². The third-order valence-electron chi connectivity index (χ3n) is 6.15. The molecule has 0 atom stereocenters. The van der Waals surface area contributed by atoms with Crippen LogP contribution in [0.25, 0.3) is 16.6 Å². The Labute approximate surface area is 169 Å². The molecule has 3 aromatic rings. The normalized spacial score (nSPS) is 20.3. The Hall–Kier alpha value is -1.83. The molecular formula is C21H27N5OS. The second kappa shape index (κ2) is 7.54. The van der Waals surface area contributed by atoms with Crippen molar-refractivity contribution in [2.24, 2.45) is 0 Å². The number of likely N-dealkylation sites (N-methyl/N-ethyl adjacent to an activating group) is 1. The number of H-pyrrole nitrogens is 1. The lowest BCUT2D eigenvalue weighted by atomic mass is 9.89. The lowest BCUT2D eigenvalue weighted by Crippen LogP contribution is -2.40. The molecule has 1 aliphatic heterocycles. The fourth-order valence-corrected chi connectivity index (χ4v) is 5.45. The van der Waals surface area contributed by atoms with Crippen LogP contribution in [0.1, 0.15) is 43.8 Å². The summed E-state index contributed by atoms with van der Waals surface area (Å²) in [7, 11) is 2.17. The van der Waals surface area contributed by atoms with Gasteiger partial charge in [0.25, 0.3) is 5.56 Å². The highest BCUT2D eigenvalue weighted by Crippen LogP contribution is 2.33. The molecule has 0 amide bonds. The number of hydrogen-bond acceptors (Lipinski definition) is 5. The molecule has 1 aliphatic carbocycles. The monoisotopic (exact) mass is 397 g/mol. The summed E-state index contributed by atoms with van der Waals surface area (Å²) in [6, 6.07) is 6.43. The van der Waals surface area contributed by atoms with Crippen molar-refractivity contribution in [2.45, 2.75) is 42.9 Å². The Balaban J connectivity index is 1.53. The van der Waals surface area contributed by atoms with Crippen molar-refractivity contribution in [1.29, 1.82) is 0 Å². The van der Waals surface area contributed by atoms with Gasteiger partial charge in [-0.15, -0.1) is 0 Å². The van der Waals surface area contributed by atoms with Gasteiger partial charge in [0, 0.05) is 37.0 Å². The molecule has 1 N–H and O–H groups in total. The molecule has 5 rings (SSSR count). The molecule has 7 heteroatoms. The highest BCUT2D eigenvalue weighted by molar-refractivity contribution is 7.97. The maximum Gasteiger partial charge on any atom is 0.274 e. The fraction of sp³-hybridized carbons (Fsp3) is 0.524. The van der Waals surface area contributed by atoms with Gasteiger partial charge in [-0.1, -0.05) is 19.3 Å². The van der Waals surface area contributed by atoms with E-state index >= 15 is 0 Å². The quantitative estimate of drug-likeness (QED) is 0.686. The first-order valence-electron chi connectivity index (χ1n) is 10.3. The van der Waals surface area contributed by atoms with Crippen LogP contribution in [0.3, 0.4) is 0 Å². The van der Waals surface area contributed by atoms with Gasteiger partial charge in [-0.2, -0.15) is 0 Å². The lowest BCUT2D eigenvalue weighted by Gasteiger charge is -2.31. The molecule has 1 saturated carbocycles. The second-order valence-corrected chi connectivity index (χ2v) is 9.30. The molecule has 0 radical (unpaired) electrons. The topological polar surface area (TPSA) is 56.6 Å². The summed E-state index contributed by atoms with van der Waals surface area (Å²) in [5, 5.41) is 0. The largest absolute Gasteiger partial charge is 0.319 e. The van der Waals surface area contributed by atoms with Gasteiger partial charge < -0.3 is 9.88 Å². The molecule has 2 aromatic heterocycles. The van der Waals surface area contributed by atoms with E-state index in [1.807, 2.05) is 0 Å². The number of imidazole rings is 1. The first-order valence-corrected chi connectivity index (χ1v) is 11.1. The van der Waals surface area contributed by atoms with Crippen molar-refractivity contribution in [3.63, 3.8) is 0 Å². The summed E-state index contributed by atoms with van der Waals surface area (Å²) in [5.41, 5.74) is 2.55. The van der Waals surface area contributed by atoms with Crippen LogP contribution in [0.5, 0.6) is 0 Å². The van der Waals surface area contributed by atoms with E-state index in [-0.39, 0.29) is 5.56 Å². The molecule has 2 aliphatic rings. The number of benzene rings is 1. The fourth-order valence-electron chi connectivity index (χ4n) is 4.51. The summed E-state index contributed by atoms with van der Waals surface area (Å²) < 4.78 is 4.51. The zero-order chi connectivity index (χ0) is 19.1. The SMILES string of the molecule is CN1CCN(Sc2ccc3c(c2)[nH]c(=O)c2cnc(C4CCCCC4)n23)CC1. The van der Waals surface area contributed by atoms with Gasteiger partial charge in [0.2, 0.25) is 0 Å². The standard InChI is InChI=1S/C21H27N5OS/c1-24-9-11-25(12-10-24)28-16-7-8-18-17(13-16)23-21(27)19-14-22-20(26(18)19)15-5-3-2-4-6-15/h7-8,13-15H,2-6,9-12H2,1H3,(H,23,27). The summed E-state index contributed by atoms with van der Waals surface area (Å²) in [5.74, 6) is 1.52. The van der Waals surface area contributed by atoms with Gasteiger partial charge in [-0.3, -0.25) is 9.20 Å². The van der Waals surface area contributed by atoms with Crippen LogP contribution in [-0.2, 0) is 0 Å². The number of rotatable bonds is 3. The van der Waals surface area contributed by atoms with Crippen LogP contribution in [0.15, 0.2) is 34.1 Å². The van der Waals surface area contributed by atoms with Crippen LogP contribution in [0, 0.1) is 0 Å². The number of piperazine rings is 1. The maximum atomic E-state index is 12.7. The van der Waals surface area contributed by atoms with Gasteiger partial charge >= 0.3 is 0 Å². The third kappa shape index (κ3) is 3.36. The average Bonchev–Trinajstić information content (AvgIpc) is 3.16. The zero-order valence-electron chi connectivity index (χ0n) is 16.4. The van der Waals surface area contributed by atoms with Crippen LogP contribution in [-0.4, -0.2) is 56.8 Å².